The molecule has 0 saturated carbocycles. The maximum absolute atomic E-state index is 13.9. The van der Waals surface area contributed by atoms with Gasteiger partial charge in [-0.25, -0.2) is 0 Å². The van der Waals surface area contributed by atoms with E-state index in [1.165, 1.54) is 35.1 Å². The summed E-state index contributed by atoms with van der Waals surface area (Å²) in [6.45, 7) is 0. The van der Waals surface area contributed by atoms with E-state index in [2.05, 4.69) is 0 Å². The molecule has 4 aromatic carbocycles. The second-order valence-electron chi connectivity index (χ2n) is 11.0. The Balaban J connectivity index is 0.00000155. The summed E-state index contributed by atoms with van der Waals surface area (Å²) in [6.07, 6.45) is 8.84. The van der Waals surface area contributed by atoms with E-state index < -0.39 is 18.6 Å². The Morgan fingerprint density at radius 3 is 1.48 bits per heavy atom. The fourth-order valence-electron chi connectivity index (χ4n) is 6.92. The molecule has 6 heteroatoms. The van der Waals surface area contributed by atoms with Gasteiger partial charge in [-0.05, 0) is 0 Å². The summed E-state index contributed by atoms with van der Waals surface area (Å²) >= 11 is -3.28. The number of carbonyl (C=O) groups excluding carboxylic acids is 2. The van der Waals surface area contributed by atoms with Gasteiger partial charge in [0.1, 0.15) is 0 Å². The minimum atomic E-state index is -3.28. The predicted octanol–water partition coefficient (Wildman–Crippen LogP) is 7.97. The number of benzene rings is 4. The molecule has 0 heterocycles. The van der Waals surface area contributed by atoms with E-state index >= 15 is 0 Å². The first-order valence-electron chi connectivity index (χ1n) is 14.8. The predicted molar refractivity (Wildman–Crippen MR) is 159 cm³/mol. The first-order chi connectivity index (χ1) is 20.7. The van der Waals surface area contributed by atoms with Gasteiger partial charge in [0.2, 0.25) is 0 Å². The maximum atomic E-state index is 13.9. The molecule has 0 N–H and O–H groups in total. The summed E-state index contributed by atoms with van der Waals surface area (Å²) in [5, 5.41) is 11.9. The van der Waals surface area contributed by atoms with Crippen molar-refractivity contribution >= 4 is 33.5 Å². The van der Waals surface area contributed by atoms with Crippen molar-refractivity contribution in [3.05, 3.63) is 118 Å². The summed E-state index contributed by atoms with van der Waals surface area (Å²) in [7, 11) is 0.750. The Bertz CT molecular complexity index is 1580. The average Bonchev–Trinajstić information content (AvgIpc) is 3.39. The van der Waals surface area contributed by atoms with E-state index in [-0.39, 0.29) is 16.2 Å². The number of carbonyl (C=O) groups is 2. The van der Waals surface area contributed by atoms with Crippen molar-refractivity contribution in [3.63, 3.8) is 0 Å². The summed E-state index contributed by atoms with van der Waals surface area (Å²) in [4.78, 5) is 27.7. The van der Waals surface area contributed by atoms with Gasteiger partial charge in [-0.1, -0.05) is 0 Å². The third kappa shape index (κ3) is 5.37. The SMILES string of the molecule is C[O-].O=C([O][Ti+]([O]C(=O)c1cccc2ccccc12)[CH]1C2=C(CCCC2)C2=C1CCCC2)c1cccc2ccccc12. The molecule has 0 bridgehead atoms. The van der Waals surface area contributed by atoms with Crippen LogP contribution < -0.4 is 5.11 Å². The standard InChI is InChI=1S/C13H17.2C11H8O2.CH3O.Ti/c1-3-7-12-10(5-1)9-11-6-2-4-8-13(11)12;2*12-11(13)10-7-3-5-8-4-1-2-6-9(8)10;1-2;/h9H,1-8H2;2*1-7H,(H,12,13);1H3;/q;;;-1;+3/p-2. The molecule has 3 aliphatic carbocycles. The Kier molecular flexibility index (Phi) is 8.71. The first kappa shape index (κ1) is 28.6. The van der Waals surface area contributed by atoms with E-state index in [0.29, 0.717) is 11.1 Å². The molecular weight excluding hydrogens is 560 g/mol. The van der Waals surface area contributed by atoms with Gasteiger partial charge in [0.25, 0.3) is 0 Å². The van der Waals surface area contributed by atoms with Gasteiger partial charge in [0.15, 0.2) is 0 Å². The molecular formula is C36H34O5Ti. The Labute approximate surface area is 253 Å². The Morgan fingerprint density at radius 1 is 0.595 bits per heavy atom. The molecule has 0 spiro atoms. The Hall–Kier alpha value is -3.51. The molecule has 7 rings (SSSR count). The molecule has 0 aromatic heterocycles. The number of fused-ring (bicyclic) bond motifs is 3. The molecule has 0 amide bonds. The van der Waals surface area contributed by atoms with Crippen LogP contribution in [0.15, 0.2) is 107 Å². The zero-order chi connectivity index (χ0) is 29.1. The molecule has 0 atom stereocenters. The zero-order valence-corrected chi connectivity index (χ0v) is 25.4. The third-order valence-corrected chi connectivity index (χ3v) is 11.8. The van der Waals surface area contributed by atoms with Gasteiger partial charge in [0, 0.05) is 0 Å². The third-order valence-electron chi connectivity index (χ3n) is 8.72. The molecule has 3 aliphatic rings. The van der Waals surface area contributed by atoms with Gasteiger partial charge in [-0.3, -0.25) is 0 Å². The van der Waals surface area contributed by atoms with E-state index in [0.717, 1.165) is 67.2 Å². The van der Waals surface area contributed by atoms with Gasteiger partial charge in [-0.15, -0.1) is 0 Å². The van der Waals surface area contributed by atoms with Crippen molar-refractivity contribution in [3.8, 4) is 0 Å². The summed E-state index contributed by atoms with van der Waals surface area (Å²) in [5.74, 6) is -0.777. The summed E-state index contributed by atoms with van der Waals surface area (Å²) in [6, 6.07) is 27.1. The molecule has 212 valence electrons. The van der Waals surface area contributed by atoms with Crippen LogP contribution in [0, 0.1) is 0 Å². The second kappa shape index (κ2) is 12.8. The van der Waals surface area contributed by atoms with Gasteiger partial charge < -0.3 is 5.11 Å². The van der Waals surface area contributed by atoms with Crippen LogP contribution in [0.4, 0.5) is 0 Å². The van der Waals surface area contributed by atoms with Crippen LogP contribution in [0.3, 0.4) is 0 Å². The van der Waals surface area contributed by atoms with Crippen LogP contribution in [0.25, 0.3) is 21.5 Å². The fourth-order valence-corrected chi connectivity index (χ4v) is 10.1. The summed E-state index contributed by atoms with van der Waals surface area (Å²) < 4.78 is 12.9. The number of rotatable bonds is 5. The quantitative estimate of drug-likeness (QED) is 0.219. The molecule has 0 saturated heterocycles. The van der Waals surface area contributed by atoms with Gasteiger partial charge in [0.05, 0.1) is 0 Å². The second-order valence-corrected chi connectivity index (χ2v) is 13.5. The van der Waals surface area contributed by atoms with Crippen molar-refractivity contribution in [2.75, 3.05) is 7.11 Å². The van der Waals surface area contributed by atoms with E-state index in [1.54, 1.807) is 0 Å². The molecule has 42 heavy (non-hydrogen) atoms. The first-order valence-corrected chi connectivity index (χ1v) is 17.0. The number of hydrogen-bond donors (Lipinski definition) is 0. The zero-order valence-electron chi connectivity index (χ0n) is 23.9. The van der Waals surface area contributed by atoms with Gasteiger partial charge >= 0.3 is 242 Å². The normalized spacial score (nSPS) is 16.4. The van der Waals surface area contributed by atoms with Gasteiger partial charge in [-0.2, -0.15) is 7.11 Å². The van der Waals surface area contributed by atoms with Crippen molar-refractivity contribution in [2.24, 2.45) is 0 Å². The number of allylic oxidation sites excluding steroid dienone is 4. The van der Waals surface area contributed by atoms with Crippen LogP contribution in [0.5, 0.6) is 0 Å². The van der Waals surface area contributed by atoms with Crippen molar-refractivity contribution in [1.29, 1.82) is 0 Å². The van der Waals surface area contributed by atoms with E-state index in [4.69, 9.17) is 11.7 Å². The van der Waals surface area contributed by atoms with Crippen LogP contribution in [0.2, 0.25) is 4.22 Å². The monoisotopic (exact) mass is 594 g/mol. The van der Waals surface area contributed by atoms with Crippen LogP contribution >= 0.6 is 0 Å². The van der Waals surface area contributed by atoms with E-state index in [1.807, 2.05) is 84.9 Å². The van der Waals surface area contributed by atoms with Crippen LogP contribution in [-0.2, 0) is 25.3 Å². The molecule has 5 nitrogen and oxygen atoms in total. The average molecular weight is 595 g/mol. The topological polar surface area (TPSA) is 75.7 Å². The molecule has 4 aromatic rings. The molecule has 0 unspecified atom stereocenters. The summed E-state index contributed by atoms with van der Waals surface area (Å²) in [5.41, 5.74) is 6.81. The van der Waals surface area contributed by atoms with Crippen molar-refractivity contribution < 1.29 is 40.0 Å². The molecule has 0 fully saturated rings. The van der Waals surface area contributed by atoms with Crippen molar-refractivity contribution in [1.82, 2.24) is 0 Å². The fraction of sp³-hybridized carbons (Fsp3) is 0.278. The minimum absolute atomic E-state index is 0.0385. The van der Waals surface area contributed by atoms with E-state index in [9.17, 15) is 9.59 Å². The van der Waals surface area contributed by atoms with Crippen LogP contribution in [-0.4, -0.2) is 19.0 Å². The van der Waals surface area contributed by atoms with Crippen molar-refractivity contribution in [2.45, 2.75) is 55.6 Å². The van der Waals surface area contributed by atoms with Crippen LogP contribution in [0.1, 0.15) is 72.1 Å². The Morgan fingerprint density at radius 2 is 1.00 bits per heavy atom. The molecule has 0 radical (unpaired) electrons. The molecule has 0 aliphatic heterocycles. The number of hydrogen-bond acceptors (Lipinski definition) is 5.